The fraction of sp³-hybridized carbons (Fsp3) is 0.143. The smallest absolute Gasteiger partial charge is 0.335 e. The molecule has 0 fully saturated rings. The number of aromatic carboxylic acids is 1. The van der Waals surface area contributed by atoms with Crippen LogP contribution in [0.2, 0.25) is 0 Å². The number of hydrogen-bond donors (Lipinski definition) is 1. The Kier molecular flexibility index (Phi) is 4.96. The van der Waals surface area contributed by atoms with Gasteiger partial charge in [0.1, 0.15) is 23.2 Å². The molecule has 0 bridgehead atoms. The van der Waals surface area contributed by atoms with Crippen molar-refractivity contribution in [3.63, 3.8) is 0 Å². The molecule has 0 spiro atoms. The van der Waals surface area contributed by atoms with Crippen LogP contribution in [0.25, 0.3) is 17.4 Å². The largest absolute Gasteiger partial charge is 0.478 e. The molecule has 1 aliphatic rings. The summed E-state index contributed by atoms with van der Waals surface area (Å²) in [7, 11) is 0. The third kappa shape index (κ3) is 3.23. The van der Waals surface area contributed by atoms with E-state index in [-0.39, 0.29) is 23.3 Å². The molecule has 28 heavy (non-hydrogen) atoms. The molecule has 140 valence electrons. The van der Waals surface area contributed by atoms with Crippen LogP contribution in [0.1, 0.15) is 30.0 Å². The number of imide groups is 1. The summed E-state index contributed by atoms with van der Waals surface area (Å²) in [6, 6.07) is 11.4. The van der Waals surface area contributed by atoms with Gasteiger partial charge in [-0.05, 0) is 49.8 Å². The van der Waals surface area contributed by atoms with E-state index in [1.54, 1.807) is 38.1 Å². The molecule has 7 heteroatoms. The number of nitrogens with zero attached hydrogens (tertiary/aromatic N) is 2. The Morgan fingerprint density at radius 1 is 1.25 bits per heavy atom. The van der Waals surface area contributed by atoms with Gasteiger partial charge in [0.25, 0.3) is 11.8 Å². The van der Waals surface area contributed by atoms with Crippen LogP contribution in [0.15, 0.2) is 57.5 Å². The molecule has 1 aromatic heterocycles. The Morgan fingerprint density at radius 3 is 2.64 bits per heavy atom. The number of furan rings is 1. The molecule has 2 amide bonds. The van der Waals surface area contributed by atoms with Gasteiger partial charge in [0.05, 0.1) is 5.56 Å². The molecule has 1 aromatic carbocycles. The number of carboxylic acid groups (broad SMARTS) is 1. The summed E-state index contributed by atoms with van der Waals surface area (Å²) in [5.74, 6) is -1.35. The number of rotatable bonds is 4. The molecule has 1 aliphatic heterocycles. The molecule has 0 aliphatic carbocycles. The highest BCUT2D eigenvalue weighted by Crippen LogP contribution is 2.29. The quantitative estimate of drug-likeness (QED) is 0.647. The zero-order valence-corrected chi connectivity index (χ0v) is 15.2. The normalized spacial score (nSPS) is 15.9. The molecule has 0 saturated carbocycles. The van der Waals surface area contributed by atoms with E-state index in [4.69, 9.17) is 9.52 Å². The zero-order chi connectivity index (χ0) is 20.4. The van der Waals surface area contributed by atoms with Gasteiger partial charge in [-0.15, -0.1) is 0 Å². The minimum absolute atomic E-state index is 0.0753. The summed E-state index contributed by atoms with van der Waals surface area (Å²) in [4.78, 5) is 37.0. The van der Waals surface area contributed by atoms with Crippen LogP contribution in [-0.4, -0.2) is 34.3 Å². The summed E-state index contributed by atoms with van der Waals surface area (Å²) >= 11 is 0. The van der Waals surface area contributed by atoms with Crippen molar-refractivity contribution in [3.05, 3.63) is 64.4 Å². The van der Waals surface area contributed by atoms with Gasteiger partial charge in [0.2, 0.25) is 0 Å². The van der Waals surface area contributed by atoms with Gasteiger partial charge in [-0.25, -0.2) is 4.79 Å². The van der Waals surface area contributed by atoms with E-state index in [1.807, 2.05) is 6.07 Å². The molecular formula is C21H16N2O5. The van der Waals surface area contributed by atoms with E-state index >= 15 is 0 Å². The first-order valence-corrected chi connectivity index (χ1v) is 8.50. The fourth-order valence-corrected chi connectivity index (χ4v) is 2.95. The van der Waals surface area contributed by atoms with Crippen molar-refractivity contribution < 1.29 is 23.9 Å². The minimum atomic E-state index is -1.04. The minimum Gasteiger partial charge on any atom is -0.478 e. The lowest BCUT2D eigenvalue weighted by Gasteiger charge is -2.25. The van der Waals surface area contributed by atoms with Crippen molar-refractivity contribution in [3.8, 4) is 17.4 Å². The molecule has 2 aromatic rings. The maximum absolute atomic E-state index is 12.6. The summed E-state index contributed by atoms with van der Waals surface area (Å²) in [5.41, 5.74) is 1.14. The standard InChI is InChI=1S/C21H16N2O5/c1-3-23-19(24)16(12(2)17(11-22)20(23)25)10-15-7-8-18(28-15)13-5-4-6-14(9-13)21(26)27/h4-10H,3H2,1-2H3,(H,26,27). The molecule has 2 heterocycles. The maximum Gasteiger partial charge on any atom is 0.335 e. The maximum atomic E-state index is 12.6. The number of nitriles is 1. The Balaban J connectivity index is 2.03. The average Bonchev–Trinajstić information content (AvgIpc) is 3.15. The monoisotopic (exact) mass is 376 g/mol. The Hall–Kier alpha value is -3.92. The van der Waals surface area contributed by atoms with Crippen molar-refractivity contribution >= 4 is 23.9 Å². The molecule has 0 saturated heterocycles. The summed E-state index contributed by atoms with van der Waals surface area (Å²) in [5, 5.41) is 18.4. The number of amides is 2. The Morgan fingerprint density at radius 2 is 2.00 bits per heavy atom. The second kappa shape index (κ2) is 7.37. The van der Waals surface area contributed by atoms with Gasteiger partial charge >= 0.3 is 5.97 Å². The number of carbonyl (C=O) groups is 3. The van der Waals surface area contributed by atoms with Gasteiger partial charge in [0.15, 0.2) is 0 Å². The van der Waals surface area contributed by atoms with Gasteiger partial charge in [-0.3, -0.25) is 14.5 Å². The number of likely N-dealkylation sites (N-methyl/N-ethyl adjacent to an activating group) is 1. The third-order valence-electron chi connectivity index (χ3n) is 4.45. The van der Waals surface area contributed by atoms with Crippen LogP contribution < -0.4 is 0 Å². The number of carboxylic acids is 1. The summed E-state index contributed by atoms with van der Waals surface area (Å²) in [6.07, 6.45) is 1.48. The van der Waals surface area contributed by atoms with Gasteiger partial charge in [-0.1, -0.05) is 12.1 Å². The van der Waals surface area contributed by atoms with Crippen molar-refractivity contribution in [2.24, 2.45) is 0 Å². The van der Waals surface area contributed by atoms with E-state index in [0.29, 0.717) is 22.7 Å². The topological polar surface area (TPSA) is 112 Å². The molecule has 0 radical (unpaired) electrons. The first-order valence-electron chi connectivity index (χ1n) is 8.50. The zero-order valence-electron chi connectivity index (χ0n) is 15.2. The van der Waals surface area contributed by atoms with Gasteiger partial charge in [0, 0.05) is 17.7 Å². The lowest BCUT2D eigenvalue weighted by molar-refractivity contribution is -0.140. The highest BCUT2D eigenvalue weighted by molar-refractivity contribution is 6.19. The second-order valence-electron chi connectivity index (χ2n) is 6.11. The predicted octanol–water partition coefficient (Wildman–Crippen LogP) is 3.26. The van der Waals surface area contributed by atoms with Crippen molar-refractivity contribution in [2.45, 2.75) is 13.8 Å². The van der Waals surface area contributed by atoms with E-state index in [2.05, 4.69) is 0 Å². The number of hydrogen-bond acceptors (Lipinski definition) is 5. The Bertz CT molecular complexity index is 1100. The van der Waals surface area contributed by atoms with Crippen molar-refractivity contribution in [1.29, 1.82) is 5.26 Å². The first kappa shape index (κ1) is 18.9. The van der Waals surface area contributed by atoms with E-state index in [0.717, 1.165) is 4.90 Å². The van der Waals surface area contributed by atoms with E-state index in [1.165, 1.54) is 18.2 Å². The van der Waals surface area contributed by atoms with Crippen molar-refractivity contribution in [1.82, 2.24) is 4.90 Å². The highest BCUT2D eigenvalue weighted by atomic mass is 16.4. The highest BCUT2D eigenvalue weighted by Gasteiger charge is 2.34. The molecule has 3 rings (SSSR count). The van der Waals surface area contributed by atoms with Gasteiger partial charge in [-0.2, -0.15) is 5.26 Å². The SMILES string of the molecule is CCN1C(=O)C(=Cc2ccc(-c3cccc(C(=O)O)c3)o2)C(C)=C(C#N)C1=O. The first-order chi connectivity index (χ1) is 13.4. The van der Waals surface area contributed by atoms with Crippen LogP contribution in [0.3, 0.4) is 0 Å². The average molecular weight is 376 g/mol. The molecule has 0 unspecified atom stereocenters. The van der Waals surface area contributed by atoms with Crippen LogP contribution in [0, 0.1) is 11.3 Å². The van der Waals surface area contributed by atoms with Crippen LogP contribution >= 0.6 is 0 Å². The van der Waals surface area contributed by atoms with Gasteiger partial charge < -0.3 is 9.52 Å². The number of benzene rings is 1. The predicted molar refractivity (Wildman–Crippen MR) is 99.8 cm³/mol. The van der Waals surface area contributed by atoms with Crippen molar-refractivity contribution in [2.75, 3.05) is 6.54 Å². The van der Waals surface area contributed by atoms with E-state index < -0.39 is 17.8 Å². The van der Waals surface area contributed by atoms with Crippen LogP contribution in [-0.2, 0) is 9.59 Å². The fourth-order valence-electron chi connectivity index (χ4n) is 2.95. The lowest BCUT2D eigenvalue weighted by Crippen LogP contribution is -2.42. The number of carbonyl (C=O) groups excluding carboxylic acids is 2. The van der Waals surface area contributed by atoms with E-state index in [9.17, 15) is 19.6 Å². The second-order valence-corrected chi connectivity index (χ2v) is 6.11. The van der Waals surface area contributed by atoms with Crippen LogP contribution in [0.4, 0.5) is 0 Å². The lowest BCUT2D eigenvalue weighted by atomic mass is 9.95. The molecular weight excluding hydrogens is 360 g/mol. The Labute approximate surface area is 160 Å². The van der Waals surface area contributed by atoms with Crippen LogP contribution in [0.5, 0.6) is 0 Å². The molecule has 0 atom stereocenters. The molecule has 7 nitrogen and oxygen atoms in total. The summed E-state index contributed by atoms with van der Waals surface area (Å²) in [6.45, 7) is 3.36. The molecule has 1 N–H and O–H groups in total. The third-order valence-corrected chi connectivity index (χ3v) is 4.45. The summed E-state index contributed by atoms with van der Waals surface area (Å²) < 4.78 is 5.74.